The van der Waals surface area contributed by atoms with Crippen LogP contribution in [0.3, 0.4) is 0 Å². The summed E-state index contributed by atoms with van der Waals surface area (Å²) in [5.74, 6) is 0.219. The van der Waals surface area contributed by atoms with Crippen LogP contribution in [-0.2, 0) is 0 Å². The Morgan fingerprint density at radius 1 is 1.19 bits per heavy atom. The number of nitrogens with zero attached hydrogens (tertiary/aromatic N) is 2. The minimum atomic E-state index is -0.238. The standard InChI is InChI=1S/C16H20N4O/c1-10(2)18-16-17-8-7-13(20-16)15(21)19-14-9-11(3)5-6-12(14)4/h5-10H,1-4H3,(H,19,21)(H,17,18,20). The highest BCUT2D eigenvalue weighted by molar-refractivity contribution is 6.03. The van der Waals surface area contributed by atoms with Crippen molar-refractivity contribution in [2.45, 2.75) is 33.7 Å². The summed E-state index contributed by atoms with van der Waals surface area (Å²) < 4.78 is 0. The van der Waals surface area contributed by atoms with Crippen LogP contribution < -0.4 is 10.6 Å². The number of anilines is 2. The highest BCUT2D eigenvalue weighted by Crippen LogP contribution is 2.17. The van der Waals surface area contributed by atoms with Gasteiger partial charge >= 0.3 is 0 Å². The summed E-state index contributed by atoms with van der Waals surface area (Å²) in [6, 6.07) is 7.76. The normalized spacial score (nSPS) is 10.5. The van der Waals surface area contributed by atoms with Crippen molar-refractivity contribution in [3.63, 3.8) is 0 Å². The maximum Gasteiger partial charge on any atom is 0.274 e. The molecule has 1 aromatic carbocycles. The third-order valence-electron chi connectivity index (χ3n) is 2.95. The molecule has 0 unspecified atom stereocenters. The molecule has 0 fully saturated rings. The van der Waals surface area contributed by atoms with Crippen molar-refractivity contribution in [3.8, 4) is 0 Å². The predicted molar refractivity (Wildman–Crippen MR) is 84.7 cm³/mol. The molecule has 5 nitrogen and oxygen atoms in total. The zero-order chi connectivity index (χ0) is 15.4. The fourth-order valence-electron chi connectivity index (χ4n) is 1.87. The summed E-state index contributed by atoms with van der Waals surface area (Å²) in [5, 5.41) is 5.97. The van der Waals surface area contributed by atoms with E-state index in [-0.39, 0.29) is 11.9 Å². The fraction of sp³-hybridized carbons (Fsp3) is 0.312. The van der Waals surface area contributed by atoms with Gasteiger partial charge in [-0.05, 0) is 51.0 Å². The molecule has 21 heavy (non-hydrogen) atoms. The van der Waals surface area contributed by atoms with Gasteiger partial charge in [0.1, 0.15) is 5.69 Å². The van der Waals surface area contributed by atoms with Gasteiger partial charge in [-0.3, -0.25) is 4.79 Å². The number of aryl methyl sites for hydroxylation is 2. The van der Waals surface area contributed by atoms with Crippen molar-refractivity contribution in [1.29, 1.82) is 0 Å². The Labute approximate surface area is 124 Å². The van der Waals surface area contributed by atoms with E-state index >= 15 is 0 Å². The lowest BCUT2D eigenvalue weighted by Crippen LogP contribution is -2.18. The Hall–Kier alpha value is -2.43. The summed E-state index contributed by atoms with van der Waals surface area (Å²) in [6.45, 7) is 7.93. The van der Waals surface area contributed by atoms with Crippen molar-refractivity contribution in [2.75, 3.05) is 10.6 Å². The zero-order valence-electron chi connectivity index (χ0n) is 12.8. The van der Waals surface area contributed by atoms with E-state index in [1.165, 1.54) is 0 Å². The first kappa shape index (κ1) is 15.0. The number of carbonyl (C=O) groups is 1. The largest absolute Gasteiger partial charge is 0.352 e. The Kier molecular flexibility index (Phi) is 4.52. The smallest absolute Gasteiger partial charge is 0.274 e. The van der Waals surface area contributed by atoms with Crippen molar-refractivity contribution < 1.29 is 4.79 Å². The van der Waals surface area contributed by atoms with Gasteiger partial charge in [0.2, 0.25) is 5.95 Å². The molecule has 0 saturated heterocycles. The van der Waals surface area contributed by atoms with Crippen LogP contribution in [0, 0.1) is 13.8 Å². The Morgan fingerprint density at radius 2 is 1.95 bits per heavy atom. The van der Waals surface area contributed by atoms with Crippen LogP contribution in [0.5, 0.6) is 0 Å². The van der Waals surface area contributed by atoms with Crippen LogP contribution >= 0.6 is 0 Å². The summed E-state index contributed by atoms with van der Waals surface area (Å²) >= 11 is 0. The van der Waals surface area contributed by atoms with Crippen molar-refractivity contribution in [1.82, 2.24) is 9.97 Å². The highest BCUT2D eigenvalue weighted by atomic mass is 16.1. The minimum absolute atomic E-state index is 0.210. The molecule has 0 spiro atoms. The number of hydrogen-bond acceptors (Lipinski definition) is 4. The van der Waals surface area contributed by atoms with E-state index in [1.807, 2.05) is 45.9 Å². The molecule has 2 rings (SSSR count). The molecule has 0 aliphatic heterocycles. The van der Waals surface area contributed by atoms with Gasteiger partial charge in [0.25, 0.3) is 5.91 Å². The number of carbonyl (C=O) groups excluding carboxylic acids is 1. The number of hydrogen-bond donors (Lipinski definition) is 2. The van der Waals surface area contributed by atoms with Crippen molar-refractivity contribution in [3.05, 3.63) is 47.3 Å². The number of aromatic nitrogens is 2. The molecule has 0 bridgehead atoms. The van der Waals surface area contributed by atoms with Gasteiger partial charge in [0, 0.05) is 17.9 Å². The minimum Gasteiger partial charge on any atom is -0.352 e. The molecular formula is C16H20N4O. The first-order valence-electron chi connectivity index (χ1n) is 6.94. The molecular weight excluding hydrogens is 264 g/mol. The lowest BCUT2D eigenvalue weighted by Gasteiger charge is -2.11. The maximum absolute atomic E-state index is 12.3. The third-order valence-corrected chi connectivity index (χ3v) is 2.95. The Balaban J connectivity index is 2.18. The number of amides is 1. The van der Waals surface area contributed by atoms with Gasteiger partial charge in [-0.15, -0.1) is 0 Å². The van der Waals surface area contributed by atoms with E-state index < -0.39 is 0 Å². The van der Waals surface area contributed by atoms with Gasteiger partial charge in [0.05, 0.1) is 0 Å². The molecule has 0 radical (unpaired) electrons. The van der Waals surface area contributed by atoms with E-state index in [0.717, 1.165) is 16.8 Å². The molecule has 110 valence electrons. The highest BCUT2D eigenvalue weighted by Gasteiger charge is 2.11. The summed E-state index contributed by atoms with van der Waals surface area (Å²) in [5.41, 5.74) is 3.26. The van der Waals surface area contributed by atoms with Crippen LogP contribution in [0.2, 0.25) is 0 Å². The maximum atomic E-state index is 12.3. The van der Waals surface area contributed by atoms with Gasteiger partial charge in [-0.2, -0.15) is 0 Å². The summed E-state index contributed by atoms with van der Waals surface area (Å²) in [7, 11) is 0. The lowest BCUT2D eigenvalue weighted by atomic mass is 10.1. The first-order chi connectivity index (χ1) is 9.95. The molecule has 5 heteroatoms. The molecule has 0 atom stereocenters. The molecule has 0 aliphatic rings. The van der Waals surface area contributed by atoms with Crippen LogP contribution in [0.4, 0.5) is 11.6 Å². The quantitative estimate of drug-likeness (QED) is 0.905. The van der Waals surface area contributed by atoms with E-state index in [9.17, 15) is 4.79 Å². The number of benzene rings is 1. The number of rotatable bonds is 4. The van der Waals surface area contributed by atoms with Crippen molar-refractivity contribution >= 4 is 17.5 Å². The van der Waals surface area contributed by atoms with E-state index in [2.05, 4.69) is 20.6 Å². The molecule has 1 amide bonds. The topological polar surface area (TPSA) is 66.9 Å². The monoisotopic (exact) mass is 284 g/mol. The third kappa shape index (κ3) is 4.02. The second-order valence-electron chi connectivity index (χ2n) is 5.34. The molecule has 0 aliphatic carbocycles. The average Bonchev–Trinajstić information content (AvgIpc) is 2.42. The fourth-order valence-corrected chi connectivity index (χ4v) is 1.87. The second kappa shape index (κ2) is 6.35. The number of nitrogens with one attached hydrogen (secondary N) is 2. The van der Waals surface area contributed by atoms with Gasteiger partial charge in [-0.25, -0.2) is 9.97 Å². The van der Waals surface area contributed by atoms with E-state index in [1.54, 1.807) is 12.3 Å². The van der Waals surface area contributed by atoms with Crippen LogP contribution in [0.15, 0.2) is 30.5 Å². The second-order valence-corrected chi connectivity index (χ2v) is 5.34. The van der Waals surface area contributed by atoms with Crippen LogP contribution in [0.1, 0.15) is 35.5 Å². The Bertz CT molecular complexity index is 652. The van der Waals surface area contributed by atoms with Gasteiger partial charge in [0.15, 0.2) is 0 Å². The van der Waals surface area contributed by atoms with Gasteiger partial charge in [-0.1, -0.05) is 12.1 Å². The van der Waals surface area contributed by atoms with E-state index in [0.29, 0.717) is 11.6 Å². The SMILES string of the molecule is Cc1ccc(C)c(NC(=O)c2ccnc(NC(C)C)n2)c1. The molecule has 2 aromatic rings. The first-order valence-corrected chi connectivity index (χ1v) is 6.94. The summed E-state index contributed by atoms with van der Waals surface area (Å²) in [4.78, 5) is 20.6. The van der Waals surface area contributed by atoms with Crippen LogP contribution in [-0.4, -0.2) is 21.9 Å². The van der Waals surface area contributed by atoms with Crippen LogP contribution in [0.25, 0.3) is 0 Å². The molecule has 2 N–H and O–H groups in total. The van der Waals surface area contributed by atoms with E-state index in [4.69, 9.17) is 0 Å². The Morgan fingerprint density at radius 3 is 2.67 bits per heavy atom. The predicted octanol–water partition coefficient (Wildman–Crippen LogP) is 3.17. The zero-order valence-corrected chi connectivity index (χ0v) is 12.8. The van der Waals surface area contributed by atoms with Gasteiger partial charge < -0.3 is 10.6 Å². The van der Waals surface area contributed by atoms with Crippen molar-refractivity contribution in [2.24, 2.45) is 0 Å². The molecule has 1 aromatic heterocycles. The molecule has 0 saturated carbocycles. The summed E-state index contributed by atoms with van der Waals surface area (Å²) in [6.07, 6.45) is 1.58. The average molecular weight is 284 g/mol. The molecule has 1 heterocycles. The lowest BCUT2D eigenvalue weighted by molar-refractivity contribution is 0.102.